The molecule has 124 valence electrons. The van der Waals surface area contributed by atoms with E-state index in [-0.39, 0.29) is 17.1 Å². The Labute approximate surface area is 140 Å². The molecule has 2 aromatic rings. The SMILES string of the molecule is O=[N+]([O-])c1cccc(S(=O)(=O)N2CC=C(c3ccccc3)CC2)c1. The molecule has 0 spiro atoms. The van der Waals surface area contributed by atoms with Crippen LogP contribution >= 0.6 is 0 Å². The summed E-state index contributed by atoms with van der Waals surface area (Å²) in [6.45, 7) is 0.612. The van der Waals surface area contributed by atoms with Gasteiger partial charge in [0.05, 0.1) is 9.82 Å². The number of nitrogens with zero attached hydrogens (tertiary/aromatic N) is 2. The maximum absolute atomic E-state index is 12.7. The van der Waals surface area contributed by atoms with E-state index in [0.29, 0.717) is 13.0 Å². The molecule has 0 atom stereocenters. The smallest absolute Gasteiger partial charge is 0.258 e. The molecule has 7 heteroatoms. The van der Waals surface area contributed by atoms with Gasteiger partial charge >= 0.3 is 0 Å². The van der Waals surface area contributed by atoms with Crippen molar-refractivity contribution in [2.75, 3.05) is 13.1 Å². The van der Waals surface area contributed by atoms with Crippen molar-refractivity contribution in [1.29, 1.82) is 0 Å². The summed E-state index contributed by atoms with van der Waals surface area (Å²) < 4.78 is 26.7. The average Bonchev–Trinajstić information content (AvgIpc) is 2.62. The van der Waals surface area contributed by atoms with Crippen LogP contribution in [0.25, 0.3) is 5.57 Å². The van der Waals surface area contributed by atoms with Gasteiger partial charge in [-0.25, -0.2) is 8.42 Å². The van der Waals surface area contributed by atoms with E-state index in [9.17, 15) is 18.5 Å². The molecule has 0 unspecified atom stereocenters. The minimum absolute atomic E-state index is 0.0479. The first-order valence-corrected chi connectivity index (χ1v) is 8.91. The Morgan fingerprint density at radius 3 is 2.42 bits per heavy atom. The second kappa shape index (κ2) is 6.54. The van der Waals surface area contributed by atoms with Crippen LogP contribution in [0.5, 0.6) is 0 Å². The number of non-ortho nitro benzene ring substituents is 1. The normalized spacial score (nSPS) is 15.8. The molecule has 1 aliphatic heterocycles. The van der Waals surface area contributed by atoms with E-state index in [1.54, 1.807) is 0 Å². The molecule has 0 amide bonds. The first-order chi connectivity index (χ1) is 11.5. The molecule has 3 rings (SSSR count). The lowest BCUT2D eigenvalue weighted by Gasteiger charge is -2.26. The first-order valence-electron chi connectivity index (χ1n) is 7.47. The molecule has 0 fully saturated rings. The van der Waals surface area contributed by atoms with Crippen molar-refractivity contribution in [3.8, 4) is 0 Å². The fourth-order valence-electron chi connectivity index (χ4n) is 2.69. The monoisotopic (exact) mass is 344 g/mol. The van der Waals surface area contributed by atoms with Crippen LogP contribution in [-0.2, 0) is 10.0 Å². The fourth-order valence-corrected chi connectivity index (χ4v) is 4.11. The number of benzene rings is 2. The summed E-state index contributed by atoms with van der Waals surface area (Å²) in [4.78, 5) is 10.2. The summed E-state index contributed by atoms with van der Waals surface area (Å²) in [5.74, 6) is 0. The third kappa shape index (κ3) is 3.22. The molecule has 6 nitrogen and oxygen atoms in total. The predicted molar refractivity (Wildman–Crippen MR) is 90.9 cm³/mol. The molecule has 1 aliphatic rings. The zero-order chi connectivity index (χ0) is 17.2. The molecule has 0 radical (unpaired) electrons. The highest BCUT2D eigenvalue weighted by Crippen LogP contribution is 2.27. The summed E-state index contributed by atoms with van der Waals surface area (Å²) in [6.07, 6.45) is 2.51. The Bertz CT molecular complexity index is 892. The zero-order valence-electron chi connectivity index (χ0n) is 12.8. The van der Waals surface area contributed by atoms with Gasteiger partial charge in [0.25, 0.3) is 5.69 Å². The van der Waals surface area contributed by atoms with Crippen molar-refractivity contribution in [2.24, 2.45) is 0 Å². The van der Waals surface area contributed by atoms with Crippen molar-refractivity contribution in [2.45, 2.75) is 11.3 Å². The topological polar surface area (TPSA) is 80.5 Å². The van der Waals surface area contributed by atoms with Crippen LogP contribution in [-0.4, -0.2) is 30.7 Å². The lowest BCUT2D eigenvalue weighted by molar-refractivity contribution is -0.385. The Kier molecular flexibility index (Phi) is 4.46. The Morgan fingerprint density at radius 1 is 1.04 bits per heavy atom. The number of nitro benzene ring substituents is 1. The van der Waals surface area contributed by atoms with Gasteiger partial charge in [-0.2, -0.15) is 4.31 Å². The molecule has 2 aromatic carbocycles. The van der Waals surface area contributed by atoms with Gasteiger partial charge in [0.15, 0.2) is 0 Å². The number of nitro groups is 1. The summed E-state index contributed by atoms with van der Waals surface area (Å²) in [5.41, 5.74) is 1.97. The minimum atomic E-state index is -3.74. The predicted octanol–water partition coefficient (Wildman–Crippen LogP) is 3.07. The van der Waals surface area contributed by atoms with Gasteiger partial charge in [0.2, 0.25) is 10.0 Å². The second-order valence-electron chi connectivity index (χ2n) is 5.46. The van der Waals surface area contributed by atoms with E-state index in [2.05, 4.69) is 0 Å². The Morgan fingerprint density at radius 2 is 1.79 bits per heavy atom. The van der Waals surface area contributed by atoms with Gasteiger partial charge in [0, 0.05) is 25.2 Å². The van der Waals surface area contributed by atoms with Crippen LogP contribution in [0.1, 0.15) is 12.0 Å². The van der Waals surface area contributed by atoms with Crippen LogP contribution in [0.3, 0.4) is 0 Å². The molecule has 0 N–H and O–H groups in total. The highest BCUT2D eigenvalue weighted by Gasteiger charge is 2.27. The fraction of sp³-hybridized carbons (Fsp3) is 0.176. The number of hydrogen-bond acceptors (Lipinski definition) is 4. The van der Waals surface area contributed by atoms with Crippen molar-refractivity contribution in [1.82, 2.24) is 4.31 Å². The van der Waals surface area contributed by atoms with Crippen molar-refractivity contribution in [3.63, 3.8) is 0 Å². The molecular weight excluding hydrogens is 328 g/mol. The van der Waals surface area contributed by atoms with Gasteiger partial charge < -0.3 is 0 Å². The van der Waals surface area contributed by atoms with Crippen molar-refractivity contribution >= 4 is 21.3 Å². The minimum Gasteiger partial charge on any atom is -0.258 e. The number of hydrogen-bond donors (Lipinski definition) is 0. The average molecular weight is 344 g/mol. The van der Waals surface area contributed by atoms with Gasteiger partial charge in [-0.1, -0.05) is 42.5 Å². The molecular formula is C17H16N2O4S. The van der Waals surface area contributed by atoms with Gasteiger partial charge in [-0.15, -0.1) is 0 Å². The van der Waals surface area contributed by atoms with Crippen LogP contribution < -0.4 is 0 Å². The van der Waals surface area contributed by atoms with Crippen LogP contribution in [0.15, 0.2) is 65.6 Å². The molecule has 0 bridgehead atoms. The van der Waals surface area contributed by atoms with E-state index in [1.807, 2.05) is 36.4 Å². The van der Waals surface area contributed by atoms with Crippen molar-refractivity contribution < 1.29 is 13.3 Å². The summed E-state index contributed by atoms with van der Waals surface area (Å²) in [5, 5.41) is 10.8. The van der Waals surface area contributed by atoms with Gasteiger partial charge in [-0.05, 0) is 23.6 Å². The van der Waals surface area contributed by atoms with E-state index < -0.39 is 14.9 Å². The highest BCUT2D eigenvalue weighted by atomic mass is 32.2. The maximum atomic E-state index is 12.7. The third-order valence-corrected chi connectivity index (χ3v) is 5.84. The van der Waals surface area contributed by atoms with Gasteiger partial charge in [0.1, 0.15) is 0 Å². The third-order valence-electron chi connectivity index (χ3n) is 3.98. The van der Waals surface area contributed by atoms with Crippen LogP contribution in [0, 0.1) is 10.1 Å². The molecule has 24 heavy (non-hydrogen) atoms. The van der Waals surface area contributed by atoms with Crippen molar-refractivity contribution in [3.05, 3.63) is 76.4 Å². The van der Waals surface area contributed by atoms with E-state index >= 15 is 0 Å². The molecule has 0 aromatic heterocycles. The van der Waals surface area contributed by atoms with Gasteiger partial charge in [-0.3, -0.25) is 10.1 Å². The number of rotatable bonds is 4. The van der Waals surface area contributed by atoms with Crippen LogP contribution in [0.2, 0.25) is 0 Å². The van der Waals surface area contributed by atoms with E-state index in [1.165, 1.54) is 22.5 Å². The van der Waals surface area contributed by atoms with E-state index in [4.69, 9.17) is 0 Å². The summed E-state index contributed by atoms with van der Waals surface area (Å²) >= 11 is 0. The Balaban J connectivity index is 1.84. The molecule has 0 aliphatic carbocycles. The maximum Gasteiger partial charge on any atom is 0.270 e. The Hall–Kier alpha value is -2.51. The second-order valence-corrected chi connectivity index (χ2v) is 7.40. The summed E-state index contributed by atoms with van der Waals surface area (Å²) in [7, 11) is -3.74. The standard InChI is InChI=1S/C17H16N2O4S/c20-19(21)16-7-4-8-17(13-16)24(22,23)18-11-9-15(10-12-18)14-5-2-1-3-6-14/h1-9,13H,10-12H2. The lowest BCUT2D eigenvalue weighted by Crippen LogP contribution is -2.34. The highest BCUT2D eigenvalue weighted by molar-refractivity contribution is 7.89. The zero-order valence-corrected chi connectivity index (χ0v) is 13.6. The molecule has 0 saturated heterocycles. The number of sulfonamides is 1. The quantitative estimate of drug-likeness (QED) is 0.630. The first kappa shape index (κ1) is 16.4. The largest absolute Gasteiger partial charge is 0.270 e. The lowest BCUT2D eigenvalue weighted by atomic mass is 10.0. The molecule has 0 saturated carbocycles. The molecule has 1 heterocycles. The van der Waals surface area contributed by atoms with E-state index in [0.717, 1.165) is 17.2 Å². The van der Waals surface area contributed by atoms with Crippen LogP contribution in [0.4, 0.5) is 5.69 Å². The summed E-state index contributed by atoms with van der Waals surface area (Å²) in [6, 6.07) is 15.0.